The van der Waals surface area contributed by atoms with Gasteiger partial charge in [-0.15, -0.1) is 11.8 Å². The lowest BCUT2D eigenvalue weighted by Crippen LogP contribution is -2.44. The molecular weight excluding hydrogens is 284 g/mol. The van der Waals surface area contributed by atoms with Crippen molar-refractivity contribution in [3.63, 3.8) is 0 Å². The molecule has 1 amide bonds. The lowest BCUT2D eigenvalue weighted by atomic mass is 10.0. The third-order valence-electron chi connectivity index (χ3n) is 2.67. The Morgan fingerprint density at radius 1 is 1.30 bits per heavy atom. The van der Waals surface area contributed by atoms with Gasteiger partial charge in [-0.25, -0.2) is 8.78 Å². The van der Waals surface area contributed by atoms with Gasteiger partial charge in [0, 0.05) is 4.90 Å². The van der Waals surface area contributed by atoms with Crippen molar-refractivity contribution in [3.05, 3.63) is 29.8 Å². The van der Waals surface area contributed by atoms with Crippen LogP contribution in [0.15, 0.2) is 23.1 Å². The molecule has 0 heterocycles. The van der Waals surface area contributed by atoms with E-state index in [-0.39, 0.29) is 28.3 Å². The first kappa shape index (κ1) is 16.6. The molecule has 0 aliphatic carbocycles. The minimum atomic E-state index is -0.573. The number of Topliss-reactive ketones (excluding diaryl/α,β-unsaturated/α-hetero) is 1. The average Bonchev–Trinajstić information content (AvgIpc) is 2.36. The number of carbonyl (C=O) groups excluding carboxylic acids is 2. The summed E-state index contributed by atoms with van der Waals surface area (Å²) in [6.07, 6.45) is 0. The molecule has 1 rings (SSSR count). The topological polar surface area (TPSA) is 46.2 Å². The van der Waals surface area contributed by atoms with E-state index < -0.39 is 17.7 Å². The van der Waals surface area contributed by atoms with E-state index in [0.29, 0.717) is 0 Å². The summed E-state index contributed by atoms with van der Waals surface area (Å²) in [6, 6.07) is 2.52. The number of amides is 1. The number of rotatable bonds is 6. The Bertz CT molecular complexity index is 506. The van der Waals surface area contributed by atoms with E-state index >= 15 is 0 Å². The summed E-state index contributed by atoms with van der Waals surface area (Å²) in [5, 5.41) is 2.59. The fourth-order valence-corrected chi connectivity index (χ4v) is 2.46. The highest BCUT2D eigenvalue weighted by atomic mass is 32.2. The lowest BCUT2D eigenvalue weighted by molar-refractivity contribution is -0.126. The molecule has 0 bridgehead atoms. The quantitative estimate of drug-likeness (QED) is 0.822. The second-order valence-electron chi connectivity index (χ2n) is 4.76. The molecule has 0 saturated heterocycles. The zero-order chi connectivity index (χ0) is 15.3. The Hall–Kier alpha value is -1.43. The van der Waals surface area contributed by atoms with Gasteiger partial charge in [0.2, 0.25) is 5.91 Å². The van der Waals surface area contributed by atoms with Crippen molar-refractivity contribution in [2.24, 2.45) is 5.92 Å². The lowest BCUT2D eigenvalue weighted by Gasteiger charge is -2.19. The highest BCUT2D eigenvalue weighted by Gasteiger charge is 2.20. The molecule has 0 aliphatic rings. The van der Waals surface area contributed by atoms with Crippen molar-refractivity contribution < 1.29 is 18.4 Å². The summed E-state index contributed by atoms with van der Waals surface area (Å²) in [5.74, 6) is -1.74. The summed E-state index contributed by atoms with van der Waals surface area (Å²) in [7, 11) is 0. The van der Waals surface area contributed by atoms with Gasteiger partial charge < -0.3 is 5.32 Å². The number of hydrogen-bond acceptors (Lipinski definition) is 3. The minimum absolute atomic E-state index is 0.0210. The summed E-state index contributed by atoms with van der Waals surface area (Å²) < 4.78 is 26.3. The van der Waals surface area contributed by atoms with Crippen LogP contribution in [0.5, 0.6) is 0 Å². The number of halogens is 2. The molecule has 1 aromatic rings. The molecule has 0 aromatic heterocycles. The smallest absolute Gasteiger partial charge is 0.230 e. The van der Waals surface area contributed by atoms with Gasteiger partial charge in [0.25, 0.3) is 0 Å². The van der Waals surface area contributed by atoms with Crippen LogP contribution >= 0.6 is 11.8 Å². The van der Waals surface area contributed by atoms with Gasteiger partial charge in [-0.1, -0.05) is 13.8 Å². The molecule has 20 heavy (non-hydrogen) atoms. The molecule has 0 radical (unpaired) electrons. The van der Waals surface area contributed by atoms with E-state index in [1.54, 1.807) is 0 Å². The molecule has 0 spiro atoms. The Labute approximate surface area is 121 Å². The van der Waals surface area contributed by atoms with Gasteiger partial charge in [0.15, 0.2) is 5.78 Å². The fraction of sp³-hybridized carbons (Fsp3) is 0.429. The number of nitrogens with one attached hydrogen (secondary N) is 1. The summed E-state index contributed by atoms with van der Waals surface area (Å²) in [6.45, 7) is 5.06. The Morgan fingerprint density at radius 2 is 1.95 bits per heavy atom. The highest BCUT2D eigenvalue weighted by Crippen LogP contribution is 2.22. The maximum absolute atomic E-state index is 13.4. The maximum Gasteiger partial charge on any atom is 0.230 e. The molecule has 1 N–H and O–H groups in total. The molecule has 1 atom stereocenters. The number of thioether (sulfide) groups is 1. The molecule has 0 aliphatic heterocycles. The van der Waals surface area contributed by atoms with Gasteiger partial charge >= 0.3 is 0 Å². The first-order valence-electron chi connectivity index (χ1n) is 6.19. The number of ketones is 1. The molecule has 3 nitrogen and oxygen atoms in total. The van der Waals surface area contributed by atoms with Crippen molar-refractivity contribution >= 4 is 23.5 Å². The fourth-order valence-electron chi connectivity index (χ4n) is 1.68. The van der Waals surface area contributed by atoms with E-state index in [0.717, 1.165) is 30.0 Å². The van der Waals surface area contributed by atoms with Crippen LogP contribution in [0.3, 0.4) is 0 Å². The largest absolute Gasteiger partial charge is 0.345 e. The third-order valence-corrected chi connectivity index (χ3v) is 3.70. The van der Waals surface area contributed by atoms with Crippen LogP contribution in [0.2, 0.25) is 0 Å². The van der Waals surface area contributed by atoms with Gasteiger partial charge in [-0.05, 0) is 31.0 Å². The number of carbonyl (C=O) groups is 2. The number of benzene rings is 1. The predicted octanol–water partition coefficient (Wildman–Crippen LogP) is 2.79. The molecule has 1 aromatic carbocycles. The first-order chi connectivity index (χ1) is 9.31. The van der Waals surface area contributed by atoms with E-state index in [1.807, 2.05) is 13.8 Å². The minimum Gasteiger partial charge on any atom is -0.345 e. The van der Waals surface area contributed by atoms with Crippen LogP contribution in [0.1, 0.15) is 20.8 Å². The van der Waals surface area contributed by atoms with Crippen LogP contribution in [0.4, 0.5) is 8.78 Å². The number of hydrogen-bond donors (Lipinski definition) is 1. The van der Waals surface area contributed by atoms with E-state index in [2.05, 4.69) is 5.32 Å². The van der Waals surface area contributed by atoms with Crippen LogP contribution in [0.25, 0.3) is 0 Å². The van der Waals surface area contributed by atoms with E-state index in [4.69, 9.17) is 0 Å². The molecule has 0 fully saturated rings. The zero-order valence-electron chi connectivity index (χ0n) is 11.6. The molecule has 1 unspecified atom stereocenters. The summed E-state index contributed by atoms with van der Waals surface area (Å²) in [4.78, 5) is 23.2. The first-order valence-corrected chi connectivity index (χ1v) is 7.17. The molecule has 6 heteroatoms. The van der Waals surface area contributed by atoms with Crippen LogP contribution in [-0.4, -0.2) is 23.5 Å². The van der Waals surface area contributed by atoms with Crippen molar-refractivity contribution in [1.29, 1.82) is 0 Å². The van der Waals surface area contributed by atoms with Gasteiger partial charge in [0.05, 0.1) is 11.8 Å². The van der Waals surface area contributed by atoms with Crippen LogP contribution < -0.4 is 5.32 Å². The normalized spacial score (nSPS) is 12.3. The monoisotopic (exact) mass is 301 g/mol. The van der Waals surface area contributed by atoms with Crippen molar-refractivity contribution in [2.75, 3.05) is 5.75 Å². The Kier molecular flexibility index (Phi) is 6.13. The van der Waals surface area contributed by atoms with Crippen molar-refractivity contribution in [2.45, 2.75) is 31.7 Å². The van der Waals surface area contributed by atoms with Crippen LogP contribution in [-0.2, 0) is 9.59 Å². The zero-order valence-corrected chi connectivity index (χ0v) is 12.4. The van der Waals surface area contributed by atoms with Crippen molar-refractivity contribution in [3.8, 4) is 0 Å². The second kappa shape index (κ2) is 7.38. The molecule has 0 saturated carbocycles. The third kappa shape index (κ3) is 4.92. The predicted molar refractivity (Wildman–Crippen MR) is 74.5 cm³/mol. The highest BCUT2D eigenvalue weighted by molar-refractivity contribution is 8.00. The van der Waals surface area contributed by atoms with Crippen molar-refractivity contribution in [1.82, 2.24) is 5.32 Å². The van der Waals surface area contributed by atoms with Crippen LogP contribution in [0, 0.1) is 17.6 Å². The Morgan fingerprint density at radius 3 is 2.50 bits per heavy atom. The van der Waals surface area contributed by atoms with Gasteiger partial charge in [-0.2, -0.15) is 0 Å². The van der Waals surface area contributed by atoms with Gasteiger partial charge in [-0.3, -0.25) is 9.59 Å². The van der Waals surface area contributed by atoms with E-state index in [9.17, 15) is 18.4 Å². The Balaban J connectivity index is 2.59. The maximum atomic E-state index is 13.4. The molecular formula is C14H17F2NO2S. The molecule has 110 valence electrons. The summed E-state index contributed by atoms with van der Waals surface area (Å²) in [5.41, 5.74) is 0. The standard InChI is InChI=1S/C14H17F2NO2S/c1-8(2)14(9(3)18)17-13(19)7-20-12-6-10(15)4-5-11(12)16/h4-6,8,14H,7H2,1-3H3,(H,17,19). The summed E-state index contributed by atoms with van der Waals surface area (Å²) >= 11 is 0.896. The average molecular weight is 301 g/mol. The van der Waals surface area contributed by atoms with E-state index in [1.165, 1.54) is 6.92 Å². The second-order valence-corrected chi connectivity index (χ2v) is 5.78. The SMILES string of the molecule is CC(=O)C(NC(=O)CSc1cc(F)ccc1F)C(C)C. The van der Waals surface area contributed by atoms with Gasteiger partial charge in [0.1, 0.15) is 11.6 Å².